The molecule has 2 rings (SSSR count). The van der Waals surface area contributed by atoms with Crippen molar-refractivity contribution in [1.29, 1.82) is 0 Å². The number of anilines is 1. The lowest BCUT2D eigenvalue weighted by molar-refractivity contribution is 0.162. The highest BCUT2D eigenvalue weighted by molar-refractivity contribution is 5.57. The van der Waals surface area contributed by atoms with Crippen LogP contribution in [-0.2, 0) is 0 Å². The first kappa shape index (κ1) is 11.5. The van der Waals surface area contributed by atoms with Gasteiger partial charge in [0, 0.05) is 23.8 Å². The van der Waals surface area contributed by atoms with Crippen LogP contribution < -0.4 is 4.90 Å². The van der Waals surface area contributed by atoms with Gasteiger partial charge in [0.15, 0.2) is 0 Å². The Morgan fingerprint density at radius 1 is 1.44 bits per heavy atom. The number of hydrogen-bond acceptors (Lipinski definition) is 2. The molecule has 88 valence electrons. The van der Waals surface area contributed by atoms with Crippen LogP contribution in [0.25, 0.3) is 0 Å². The average molecular weight is 219 g/mol. The molecule has 0 bridgehead atoms. The van der Waals surface area contributed by atoms with Gasteiger partial charge in [0.1, 0.15) is 0 Å². The molecule has 1 heterocycles. The minimum Gasteiger partial charge on any atom is -0.388 e. The fraction of sp³-hybridized carbons (Fsp3) is 0.571. The van der Waals surface area contributed by atoms with Crippen molar-refractivity contribution in [1.82, 2.24) is 0 Å². The summed E-state index contributed by atoms with van der Waals surface area (Å²) >= 11 is 0. The molecule has 1 aliphatic heterocycles. The van der Waals surface area contributed by atoms with Crippen molar-refractivity contribution in [2.75, 3.05) is 11.4 Å². The van der Waals surface area contributed by atoms with Gasteiger partial charge in [-0.25, -0.2) is 0 Å². The lowest BCUT2D eigenvalue weighted by Crippen LogP contribution is -2.38. The van der Waals surface area contributed by atoms with E-state index in [1.807, 2.05) is 12.1 Å². The van der Waals surface area contributed by atoms with Crippen molar-refractivity contribution in [3.63, 3.8) is 0 Å². The molecule has 1 N–H and O–H groups in total. The van der Waals surface area contributed by atoms with Gasteiger partial charge in [-0.3, -0.25) is 0 Å². The Hall–Kier alpha value is -1.02. The standard InChI is InChI=1S/C14H21NO/c1-3-6-11(2)15-10-9-14(16)12-7-4-5-8-13(12)15/h4-5,7-8,11,14,16H,3,6,9-10H2,1-2H3. The van der Waals surface area contributed by atoms with Crippen LogP contribution in [0.15, 0.2) is 24.3 Å². The van der Waals surface area contributed by atoms with Crippen LogP contribution in [0.3, 0.4) is 0 Å². The Morgan fingerprint density at radius 2 is 2.19 bits per heavy atom. The van der Waals surface area contributed by atoms with Crippen LogP contribution in [0.4, 0.5) is 5.69 Å². The molecule has 1 aromatic rings. The smallest absolute Gasteiger partial charge is 0.0826 e. The van der Waals surface area contributed by atoms with Crippen LogP contribution in [0.5, 0.6) is 0 Å². The number of aliphatic hydroxyl groups excluding tert-OH is 1. The second-order valence-corrected chi connectivity index (χ2v) is 4.69. The fourth-order valence-electron chi connectivity index (χ4n) is 2.60. The molecule has 0 saturated heterocycles. The first-order valence-corrected chi connectivity index (χ1v) is 6.27. The summed E-state index contributed by atoms with van der Waals surface area (Å²) < 4.78 is 0. The summed E-state index contributed by atoms with van der Waals surface area (Å²) in [4.78, 5) is 2.44. The lowest BCUT2D eigenvalue weighted by atomic mass is 9.97. The highest BCUT2D eigenvalue weighted by Gasteiger charge is 2.25. The van der Waals surface area contributed by atoms with Crippen molar-refractivity contribution in [3.8, 4) is 0 Å². The van der Waals surface area contributed by atoms with E-state index in [4.69, 9.17) is 0 Å². The number of fused-ring (bicyclic) bond motifs is 1. The van der Waals surface area contributed by atoms with E-state index in [2.05, 4.69) is 30.9 Å². The molecule has 0 radical (unpaired) electrons. The molecule has 2 nitrogen and oxygen atoms in total. The van der Waals surface area contributed by atoms with Crippen LogP contribution in [0.2, 0.25) is 0 Å². The molecule has 0 saturated carbocycles. The van der Waals surface area contributed by atoms with Gasteiger partial charge >= 0.3 is 0 Å². The van der Waals surface area contributed by atoms with E-state index in [0.717, 1.165) is 18.5 Å². The topological polar surface area (TPSA) is 23.5 Å². The summed E-state index contributed by atoms with van der Waals surface area (Å²) in [6.07, 6.45) is 3.00. The van der Waals surface area contributed by atoms with E-state index in [0.29, 0.717) is 6.04 Å². The largest absolute Gasteiger partial charge is 0.388 e. The highest BCUT2D eigenvalue weighted by Crippen LogP contribution is 2.35. The fourth-order valence-corrected chi connectivity index (χ4v) is 2.60. The molecule has 0 amide bonds. The summed E-state index contributed by atoms with van der Waals surface area (Å²) in [7, 11) is 0. The number of hydrogen-bond donors (Lipinski definition) is 1. The summed E-state index contributed by atoms with van der Waals surface area (Å²) in [6, 6.07) is 8.81. The second-order valence-electron chi connectivity index (χ2n) is 4.69. The van der Waals surface area contributed by atoms with Crippen LogP contribution >= 0.6 is 0 Å². The summed E-state index contributed by atoms with van der Waals surface area (Å²) in [5.74, 6) is 0. The SMILES string of the molecule is CCCC(C)N1CCC(O)c2ccccc21. The minimum atomic E-state index is -0.277. The zero-order valence-corrected chi connectivity index (χ0v) is 10.2. The molecule has 2 unspecified atom stereocenters. The van der Waals surface area contributed by atoms with Crippen molar-refractivity contribution in [3.05, 3.63) is 29.8 Å². The number of benzene rings is 1. The van der Waals surface area contributed by atoms with Crippen molar-refractivity contribution >= 4 is 5.69 Å². The Kier molecular flexibility index (Phi) is 3.49. The maximum atomic E-state index is 9.96. The van der Waals surface area contributed by atoms with Crippen molar-refractivity contribution in [2.45, 2.75) is 45.3 Å². The zero-order valence-electron chi connectivity index (χ0n) is 10.2. The number of aliphatic hydroxyl groups is 1. The van der Waals surface area contributed by atoms with Crippen LogP contribution in [0.1, 0.15) is 44.8 Å². The van der Waals surface area contributed by atoms with E-state index in [-0.39, 0.29) is 6.10 Å². The van der Waals surface area contributed by atoms with Crippen LogP contribution in [0, 0.1) is 0 Å². The van der Waals surface area contributed by atoms with Crippen molar-refractivity contribution in [2.24, 2.45) is 0 Å². The number of para-hydroxylation sites is 1. The first-order valence-electron chi connectivity index (χ1n) is 6.27. The minimum absolute atomic E-state index is 0.277. The Labute approximate surface area is 97.9 Å². The summed E-state index contributed by atoms with van der Waals surface area (Å²) in [5, 5.41) is 9.96. The third-order valence-electron chi connectivity index (χ3n) is 3.49. The molecule has 0 spiro atoms. The second kappa shape index (κ2) is 4.88. The average Bonchev–Trinajstić information content (AvgIpc) is 2.30. The van der Waals surface area contributed by atoms with Gasteiger partial charge in [0.2, 0.25) is 0 Å². The monoisotopic (exact) mass is 219 g/mol. The molecular weight excluding hydrogens is 198 g/mol. The van der Waals surface area contributed by atoms with E-state index in [1.165, 1.54) is 18.5 Å². The lowest BCUT2D eigenvalue weighted by Gasteiger charge is -2.38. The van der Waals surface area contributed by atoms with E-state index < -0.39 is 0 Å². The summed E-state index contributed by atoms with van der Waals surface area (Å²) in [5.41, 5.74) is 2.32. The van der Waals surface area contributed by atoms with Gasteiger partial charge in [0.05, 0.1) is 6.10 Å². The molecular formula is C14H21NO. The Balaban J connectivity index is 2.27. The van der Waals surface area contributed by atoms with E-state index in [1.54, 1.807) is 0 Å². The summed E-state index contributed by atoms with van der Waals surface area (Å²) in [6.45, 7) is 5.47. The molecule has 1 aliphatic rings. The molecule has 0 fully saturated rings. The molecule has 1 aromatic carbocycles. The highest BCUT2D eigenvalue weighted by atomic mass is 16.3. The molecule has 2 atom stereocenters. The van der Waals surface area contributed by atoms with Gasteiger partial charge in [-0.1, -0.05) is 31.5 Å². The molecule has 0 aliphatic carbocycles. The zero-order chi connectivity index (χ0) is 11.5. The Bertz CT molecular complexity index is 350. The Morgan fingerprint density at radius 3 is 2.94 bits per heavy atom. The quantitative estimate of drug-likeness (QED) is 0.844. The predicted molar refractivity (Wildman–Crippen MR) is 67.7 cm³/mol. The molecule has 16 heavy (non-hydrogen) atoms. The van der Waals surface area contributed by atoms with Crippen molar-refractivity contribution < 1.29 is 5.11 Å². The maximum absolute atomic E-state index is 9.96. The van der Waals surface area contributed by atoms with Gasteiger partial charge in [0.25, 0.3) is 0 Å². The number of nitrogens with zero attached hydrogens (tertiary/aromatic N) is 1. The maximum Gasteiger partial charge on any atom is 0.0826 e. The predicted octanol–water partition coefficient (Wildman–Crippen LogP) is 3.12. The third kappa shape index (κ3) is 2.07. The first-order chi connectivity index (χ1) is 7.74. The van der Waals surface area contributed by atoms with Gasteiger partial charge < -0.3 is 10.0 Å². The van der Waals surface area contributed by atoms with Gasteiger partial charge in [-0.15, -0.1) is 0 Å². The van der Waals surface area contributed by atoms with E-state index >= 15 is 0 Å². The molecule has 2 heteroatoms. The van der Waals surface area contributed by atoms with Gasteiger partial charge in [-0.05, 0) is 25.8 Å². The van der Waals surface area contributed by atoms with E-state index in [9.17, 15) is 5.11 Å². The van der Waals surface area contributed by atoms with Gasteiger partial charge in [-0.2, -0.15) is 0 Å². The van der Waals surface area contributed by atoms with Crippen LogP contribution in [-0.4, -0.2) is 17.7 Å². The normalized spacial score (nSPS) is 21.7. The third-order valence-corrected chi connectivity index (χ3v) is 3.49. The number of rotatable bonds is 3. The molecule has 0 aromatic heterocycles.